The molecule has 0 N–H and O–H groups in total. The van der Waals surface area contributed by atoms with Crippen LogP contribution in [0.5, 0.6) is 23.0 Å². The second-order valence-electron chi connectivity index (χ2n) is 8.09. The van der Waals surface area contributed by atoms with Crippen LogP contribution in [0.25, 0.3) is 11.1 Å². The number of esters is 3. The van der Waals surface area contributed by atoms with Crippen LogP contribution in [0.4, 0.5) is 0 Å². The van der Waals surface area contributed by atoms with Crippen molar-refractivity contribution in [1.82, 2.24) is 0 Å². The van der Waals surface area contributed by atoms with Crippen molar-refractivity contribution in [3.8, 4) is 34.1 Å². The molecule has 0 radical (unpaired) electrons. The van der Waals surface area contributed by atoms with Gasteiger partial charge in [-0.2, -0.15) is 0 Å². The van der Waals surface area contributed by atoms with Crippen molar-refractivity contribution in [2.75, 3.05) is 0 Å². The first-order valence-corrected chi connectivity index (χ1v) is 10.8. The molecule has 0 saturated heterocycles. The van der Waals surface area contributed by atoms with E-state index in [2.05, 4.69) is 26.3 Å². The third-order valence-corrected chi connectivity index (χ3v) is 4.41. The Bertz CT molecular complexity index is 1290. The zero-order chi connectivity index (χ0) is 27.0. The highest BCUT2D eigenvalue weighted by molar-refractivity contribution is 5.92. The number of hydrogen-bond donors (Lipinski definition) is 0. The van der Waals surface area contributed by atoms with E-state index in [4.69, 9.17) is 18.9 Å². The van der Waals surface area contributed by atoms with E-state index < -0.39 is 17.9 Å². The van der Waals surface area contributed by atoms with E-state index in [-0.39, 0.29) is 34.0 Å². The molecule has 7 nitrogen and oxygen atoms in total. The lowest BCUT2D eigenvalue weighted by atomic mass is 10.0. The van der Waals surface area contributed by atoms with Crippen molar-refractivity contribution in [3.05, 3.63) is 97.3 Å². The molecule has 0 unspecified atom stereocenters. The minimum absolute atomic E-state index is 0.0930. The first-order chi connectivity index (χ1) is 16.9. The minimum atomic E-state index is -0.670. The highest BCUT2D eigenvalue weighted by Gasteiger charge is 2.19. The average Bonchev–Trinajstić information content (AvgIpc) is 2.79. The van der Waals surface area contributed by atoms with E-state index >= 15 is 0 Å². The van der Waals surface area contributed by atoms with Gasteiger partial charge in [-0.15, -0.1) is 0 Å². The third kappa shape index (κ3) is 7.70. The normalized spacial score (nSPS) is 10.3. The molecule has 0 fully saturated rings. The van der Waals surface area contributed by atoms with Crippen LogP contribution in [0.1, 0.15) is 27.7 Å². The Labute approximate surface area is 210 Å². The van der Waals surface area contributed by atoms with Gasteiger partial charge in [0, 0.05) is 40.0 Å². The van der Waals surface area contributed by atoms with Crippen LogP contribution >= 0.6 is 0 Å². The van der Waals surface area contributed by atoms with Gasteiger partial charge >= 0.3 is 17.9 Å². The lowest BCUT2D eigenvalue weighted by Crippen LogP contribution is -2.11. The summed E-state index contributed by atoms with van der Waals surface area (Å²) in [5.74, 6) is -1.14. The van der Waals surface area contributed by atoms with Crippen LogP contribution in [-0.2, 0) is 14.4 Å². The number of benzene rings is 2. The van der Waals surface area contributed by atoms with E-state index in [0.29, 0.717) is 16.9 Å². The van der Waals surface area contributed by atoms with Crippen molar-refractivity contribution >= 4 is 17.9 Å². The predicted molar refractivity (Wildman–Crippen MR) is 138 cm³/mol. The smallest absolute Gasteiger partial charge is 0.338 e. The van der Waals surface area contributed by atoms with Gasteiger partial charge in [-0.05, 0) is 58.0 Å². The molecule has 186 valence electrons. The number of rotatable bonds is 10. The summed E-state index contributed by atoms with van der Waals surface area (Å²) >= 11 is 0. The maximum absolute atomic E-state index is 12.3. The molecule has 2 aromatic carbocycles. The van der Waals surface area contributed by atoms with Crippen molar-refractivity contribution in [3.63, 3.8) is 0 Å². The molecule has 36 heavy (non-hydrogen) atoms. The first kappa shape index (κ1) is 27.6. The predicted octanol–water partition coefficient (Wildman–Crippen LogP) is 6.27. The van der Waals surface area contributed by atoms with Crippen molar-refractivity contribution < 1.29 is 33.3 Å². The summed E-state index contributed by atoms with van der Waals surface area (Å²) in [6.07, 6.45) is 3.08. The molecule has 2 aromatic rings. The van der Waals surface area contributed by atoms with Crippen molar-refractivity contribution in [1.29, 1.82) is 0 Å². The van der Waals surface area contributed by atoms with E-state index in [1.807, 2.05) is 0 Å². The number of ether oxygens (including phenoxy) is 4. The van der Waals surface area contributed by atoms with Crippen LogP contribution < -0.4 is 18.9 Å². The van der Waals surface area contributed by atoms with E-state index in [9.17, 15) is 14.4 Å². The number of hydrogen-bond acceptors (Lipinski definition) is 7. The summed E-state index contributed by atoms with van der Waals surface area (Å²) in [7, 11) is 0. The lowest BCUT2D eigenvalue weighted by molar-refractivity contribution is -0.131. The molecule has 0 aliphatic carbocycles. The highest BCUT2D eigenvalue weighted by atomic mass is 16.5. The SMILES string of the molecule is C=C(C)/C=C/Oc1cc(OC(=O)C(=C)C)ccc1-c1ccc(OC(=O)C(=C)C)cc1OC(=O)C(=C)C. The summed E-state index contributed by atoms with van der Waals surface area (Å²) in [5, 5.41) is 0. The zero-order valence-corrected chi connectivity index (χ0v) is 20.8. The molecule has 0 atom stereocenters. The molecular weight excluding hydrogens is 460 g/mol. The second kappa shape index (κ2) is 12.2. The molecule has 0 aliphatic heterocycles. The topological polar surface area (TPSA) is 88.1 Å². The molecule has 0 saturated carbocycles. The van der Waals surface area contributed by atoms with Gasteiger partial charge in [-0.25, -0.2) is 14.4 Å². The van der Waals surface area contributed by atoms with Gasteiger partial charge in [0.15, 0.2) is 0 Å². The largest absolute Gasteiger partial charge is 0.464 e. The molecular formula is C29H28O7. The first-order valence-electron chi connectivity index (χ1n) is 10.8. The monoisotopic (exact) mass is 488 g/mol. The standard InChI is InChI=1S/C29H28O7/c1-17(2)13-14-33-25-15-21(34-27(30)18(3)4)9-11-23(25)24-12-10-22(35-28(31)19(5)6)16-26(24)36-29(32)20(7)8/h9-16H,1,3,5,7H2,2,4,6,8H3/b14-13+. The van der Waals surface area contributed by atoms with Crippen LogP contribution in [-0.4, -0.2) is 17.9 Å². The van der Waals surface area contributed by atoms with E-state index in [1.54, 1.807) is 31.2 Å². The Morgan fingerprint density at radius 3 is 1.50 bits per heavy atom. The van der Waals surface area contributed by atoms with Gasteiger partial charge in [0.1, 0.15) is 23.0 Å². The molecule has 0 heterocycles. The summed E-state index contributed by atoms with van der Waals surface area (Å²) in [5.41, 5.74) is 2.31. The Balaban J connectivity index is 2.64. The summed E-state index contributed by atoms with van der Waals surface area (Å²) in [4.78, 5) is 36.3. The molecule has 0 aromatic heterocycles. The summed E-state index contributed by atoms with van der Waals surface area (Å²) in [6, 6.07) is 9.25. The van der Waals surface area contributed by atoms with Gasteiger partial charge in [-0.3, -0.25) is 0 Å². The quantitative estimate of drug-likeness (QED) is 0.128. The average molecular weight is 489 g/mol. The van der Waals surface area contributed by atoms with Crippen LogP contribution in [0.3, 0.4) is 0 Å². The summed E-state index contributed by atoms with van der Waals surface area (Å²) in [6.45, 7) is 20.9. The molecule has 0 spiro atoms. The number of allylic oxidation sites excluding steroid dienone is 2. The Hall–Kier alpha value is -4.65. The van der Waals surface area contributed by atoms with Crippen molar-refractivity contribution in [2.45, 2.75) is 27.7 Å². The minimum Gasteiger partial charge on any atom is -0.464 e. The van der Waals surface area contributed by atoms with Crippen LogP contribution in [0.15, 0.2) is 97.3 Å². The fraction of sp³-hybridized carbons (Fsp3) is 0.138. The van der Waals surface area contributed by atoms with Gasteiger partial charge in [0.05, 0.1) is 6.26 Å². The molecule has 0 bridgehead atoms. The van der Waals surface area contributed by atoms with Gasteiger partial charge in [0.2, 0.25) is 0 Å². The maximum atomic E-state index is 12.3. The fourth-order valence-corrected chi connectivity index (χ4v) is 2.56. The second-order valence-corrected chi connectivity index (χ2v) is 8.09. The fourth-order valence-electron chi connectivity index (χ4n) is 2.56. The third-order valence-electron chi connectivity index (χ3n) is 4.41. The van der Waals surface area contributed by atoms with Gasteiger partial charge in [0.25, 0.3) is 0 Å². The van der Waals surface area contributed by atoms with Crippen LogP contribution in [0.2, 0.25) is 0 Å². The Morgan fingerprint density at radius 1 is 0.639 bits per heavy atom. The number of carbonyl (C=O) groups excluding carboxylic acids is 3. The Kier molecular flexibility index (Phi) is 9.33. The van der Waals surface area contributed by atoms with Gasteiger partial charge < -0.3 is 18.9 Å². The van der Waals surface area contributed by atoms with Gasteiger partial charge in [-0.1, -0.05) is 31.9 Å². The highest BCUT2D eigenvalue weighted by Crippen LogP contribution is 2.41. The molecule has 0 aliphatic rings. The Morgan fingerprint density at radius 2 is 1.06 bits per heavy atom. The molecule has 2 rings (SSSR count). The van der Waals surface area contributed by atoms with Crippen LogP contribution in [0, 0.1) is 0 Å². The number of carbonyl (C=O) groups is 3. The zero-order valence-electron chi connectivity index (χ0n) is 20.8. The van der Waals surface area contributed by atoms with Crippen molar-refractivity contribution in [2.24, 2.45) is 0 Å². The molecule has 7 heteroatoms. The molecule has 0 amide bonds. The maximum Gasteiger partial charge on any atom is 0.338 e. The lowest BCUT2D eigenvalue weighted by Gasteiger charge is -2.16. The van der Waals surface area contributed by atoms with E-state index in [0.717, 1.165) is 5.57 Å². The summed E-state index contributed by atoms with van der Waals surface area (Å²) < 4.78 is 21.9. The van der Waals surface area contributed by atoms with E-state index in [1.165, 1.54) is 45.2 Å².